The second-order valence-electron chi connectivity index (χ2n) is 5.82. The van der Waals surface area contributed by atoms with E-state index in [0.717, 1.165) is 0 Å². The van der Waals surface area contributed by atoms with Gasteiger partial charge in [-0.05, 0) is 13.8 Å². The summed E-state index contributed by atoms with van der Waals surface area (Å²) in [4.78, 5) is 47.1. The summed E-state index contributed by atoms with van der Waals surface area (Å²) in [7, 11) is 0. The molecule has 0 aliphatic rings. The van der Waals surface area contributed by atoms with Gasteiger partial charge in [-0.3, -0.25) is 14.4 Å². The third-order valence-electron chi connectivity index (χ3n) is 3.50. The summed E-state index contributed by atoms with van der Waals surface area (Å²) in [6.45, 7) is 1.57. The first-order valence-corrected chi connectivity index (χ1v) is 8.56. The lowest BCUT2D eigenvalue weighted by molar-refractivity contribution is -0.144. The predicted molar refractivity (Wildman–Crippen MR) is 95.7 cm³/mol. The van der Waals surface area contributed by atoms with Gasteiger partial charge in [0.1, 0.15) is 24.2 Å². The second-order valence-corrected chi connectivity index (χ2v) is 6.18. The highest BCUT2D eigenvalue weighted by molar-refractivity contribution is 7.80. The van der Waals surface area contributed by atoms with Gasteiger partial charge in [0.2, 0.25) is 17.7 Å². The van der Waals surface area contributed by atoms with Gasteiger partial charge in [0.25, 0.3) is 0 Å². The predicted octanol–water partition coefficient (Wildman–Crippen LogP) is -4.46. The summed E-state index contributed by atoms with van der Waals surface area (Å²) in [6.07, 6.45) is -2.59. The Kier molecular flexibility index (Phi) is 10.9. The van der Waals surface area contributed by atoms with Crippen LogP contribution in [0.2, 0.25) is 0 Å². The van der Waals surface area contributed by atoms with Gasteiger partial charge < -0.3 is 42.1 Å². The van der Waals surface area contributed by atoms with Gasteiger partial charge >= 0.3 is 5.97 Å². The molecule has 13 heteroatoms. The molecule has 0 radical (unpaired) electrons. The van der Waals surface area contributed by atoms with Crippen molar-refractivity contribution >= 4 is 36.3 Å². The smallest absolute Gasteiger partial charge is 0.328 e. The normalized spacial score (nSPS) is 17.6. The summed E-state index contributed by atoms with van der Waals surface area (Å²) >= 11 is 3.92. The first kappa shape index (κ1) is 25.1. The molecule has 3 amide bonds. The van der Waals surface area contributed by atoms with Crippen LogP contribution in [0, 0.1) is 0 Å². The molecule has 27 heavy (non-hydrogen) atoms. The number of hydrogen-bond acceptors (Lipinski definition) is 9. The summed E-state index contributed by atoms with van der Waals surface area (Å²) in [5.74, 6) is -4.47. The number of aliphatic hydroxyl groups is 3. The highest BCUT2D eigenvalue weighted by atomic mass is 32.1. The number of carboxylic acid groups (broad SMARTS) is 1. The molecule has 0 aromatic carbocycles. The van der Waals surface area contributed by atoms with Crippen LogP contribution in [0.25, 0.3) is 0 Å². The lowest BCUT2D eigenvalue weighted by atomic mass is 10.1. The molecule has 6 unspecified atom stereocenters. The fourth-order valence-corrected chi connectivity index (χ4v) is 2.04. The molecule has 0 saturated carbocycles. The molecule has 0 aliphatic carbocycles. The van der Waals surface area contributed by atoms with Gasteiger partial charge in [-0.2, -0.15) is 12.6 Å². The van der Waals surface area contributed by atoms with Crippen LogP contribution in [-0.2, 0) is 19.2 Å². The van der Waals surface area contributed by atoms with E-state index < -0.39 is 66.7 Å². The molecule has 0 aromatic rings. The Labute approximate surface area is 160 Å². The van der Waals surface area contributed by atoms with Crippen molar-refractivity contribution < 1.29 is 39.6 Å². The molecule has 0 aliphatic heterocycles. The topological polar surface area (TPSA) is 211 Å². The monoisotopic (exact) mass is 410 g/mol. The van der Waals surface area contributed by atoms with Gasteiger partial charge in [0, 0.05) is 5.75 Å². The molecule has 156 valence electrons. The number of carbonyl (C=O) groups is 4. The molecule has 0 aromatic heterocycles. The number of aliphatic hydroxyl groups excluding tert-OH is 3. The van der Waals surface area contributed by atoms with Crippen LogP contribution >= 0.6 is 12.6 Å². The van der Waals surface area contributed by atoms with E-state index in [0.29, 0.717) is 0 Å². The zero-order valence-electron chi connectivity index (χ0n) is 14.8. The zero-order valence-corrected chi connectivity index (χ0v) is 15.7. The van der Waals surface area contributed by atoms with Crippen molar-refractivity contribution in [3.63, 3.8) is 0 Å². The molecule has 0 fully saturated rings. The SMILES string of the molecule is CC(O)C(N)C(=O)NC(CS)C(=O)NC(C(=O)NC(CO)C(=O)O)C(C)O. The quantitative estimate of drug-likeness (QED) is 0.150. The van der Waals surface area contributed by atoms with E-state index in [1.54, 1.807) is 0 Å². The summed E-state index contributed by atoms with van der Waals surface area (Å²) in [5.41, 5.74) is 5.46. The fraction of sp³-hybridized carbons (Fsp3) is 0.714. The number of rotatable bonds is 11. The molecule has 9 N–H and O–H groups in total. The highest BCUT2D eigenvalue weighted by Gasteiger charge is 2.32. The van der Waals surface area contributed by atoms with Gasteiger partial charge in [0.15, 0.2) is 0 Å². The third-order valence-corrected chi connectivity index (χ3v) is 3.86. The van der Waals surface area contributed by atoms with Crippen LogP contribution in [0.3, 0.4) is 0 Å². The minimum atomic E-state index is -1.62. The molecular formula is C14H26N4O8S. The number of amides is 3. The first-order chi connectivity index (χ1) is 12.5. The third kappa shape index (κ3) is 8.09. The van der Waals surface area contributed by atoms with E-state index >= 15 is 0 Å². The minimum absolute atomic E-state index is 0.188. The zero-order chi connectivity index (χ0) is 21.3. The average molecular weight is 410 g/mol. The summed E-state index contributed by atoms with van der Waals surface area (Å²) < 4.78 is 0. The van der Waals surface area contributed by atoms with Crippen molar-refractivity contribution in [1.82, 2.24) is 16.0 Å². The van der Waals surface area contributed by atoms with Crippen molar-refractivity contribution in [2.75, 3.05) is 12.4 Å². The molecular weight excluding hydrogens is 384 g/mol. The molecule has 0 spiro atoms. The van der Waals surface area contributed by atoms with Crippen LogP contribution < -0.4 is 21.7 Å². The number of thiol groups is 1. The lowest BCUT2D eigenvalue weighted by Gasteiger charge is -2.25. The second kappa shape index (κ2) is 11.7. The Bertz CT molecular complexity index is 545. The standard InChI is InChI=1S/C14H26N4O8S/c1-5(20)9(15)12(23)17-8(4-27)11(22)18-10(6(2)21)13(24)16-7(3-19)14(25)26/h5-10,19-21,27H,3-4,15H2,1-2H3,(H,16,24)(H,17,23)(H,18,22)(H,25,26). The van der Waals surface area contributed by atoms with Crippen molar-refractivity contribution in [1.29, 1.82) is 0 Å². The first-order valence-electron chi connectivity index (χ1n) is 7.93. The number of carbonyl (C=O) groups excluding carboxylic acids is 3. The van der Waals surface area contributed by atoms with Crippen molar-refractivity contribution in [2.45, 2.75) is 50.2 Å². The van der Waals surface area contributed by atoms with E-state index in [4.69, 9.17) is 15.9 Å². The van der Waals surface area contributed by atoms with Gasteiger partial charge in [-0.25, -0.2) is 4.79 Å². The van der Waals surface area contributed by atoms with E-state index in [9.17, 15) is 29.4 Å². The maximum atomic E-state index is 12.3. The highest BCUT2D eigenvalue weighted by Crippen LogP contribution is 1.99. The van der Waals surface area contributed by atoms with Crippen LogP contribution in [0.1, 0.15) is 13.8 Å². The fourth-order valence-electron chi connectivity index (χ4n) is 1.79. The van der Waals surface area contributed by atoms with Crippen molar-refractivity contribution in [3.8, 4) is 0 Å². The summed E-state index contributed by atoms with van der Waals surface area (Å²) in [5, 5.41) is 43.1. The molecule has 0 bridgehead atoms. The number of nitrogens with one attached hydrogen (secondary N) is 3. The van der Waals surface area contributed by atoms with Crippen LogP contribution in [0.5, 0.6) is 0 Å². The number of aliphatic carboxylic acids is 1. The van der Waals surface area contributed by atoms with E-state index in [-0.39, 0.29) is 5.75 Å². The Hall–Kier alpha value is -1.93. The Morgan fingerprint density at radius 1 is 0.926 bits per heavy atom. The largest absolute Gasteiger partial charge is 0.480 e. The maximum absolute atomic E-state index is 12.3. The average Bonchev–Trinajstić information content (AvgIpc) is 2.59. The van der Waals surface area contributed by atoms with E-state index in [2.05, 4.69) is 23.3 Å². The van der Waals surface area contributed by atoms with Crippen LogP contribution in [0.15, 0.2) is 0 Å². The Balaban J connectivity index is 5.10. The van der Waals surface area contributed by atoms with Gasteiger partial charge in [0.05, 0.1) is 18.8 Å². The summed E-state index contributed by atoms with van der Waals surface area (Å²) in [6, 6.07) is -5.72. The number of hydrogen-bond donors (Lipinski definition) is 9. The van der Waals surface area contributed by atoms with Crippen molar-refractivity contribution in [2.24, 2.45) is 5.73 Å². The maximum Gasteiger partial charge on any atom is 0.328 e. The van der Waals surface area contributed by atoms with Gasteiger partial charge in [-0.15, -0.1) is 0 Å². The molecule has 0 heterocycles. The molecule has 12 nitrogen and oxygen atoms in total. The van der Waals surface area contributed by atoms with E-state index in [1.165, 1.54) is 13.8 Å². The number of carboxylic acids is 1. The Morgan fingerprint density at radius 3 is 1.81 bits per heavy atom. The van der Waals surface area contributed by atoms with Crippen LogP contribution in [0.4, 0.5) is 0 Å². The minimum Gasteiger partial charge on any atom is -0.480 e. The van der Waals surface area contributed by atoms with Crippen molar-refractivity contribution in [3.05, 3.63) is 0 Å². The lowest BCUT2D eigenvalue weighted by Crippen LogP contribution is -2.61. The van der Waals surface area contributed by atoms with Crippen LogP contribution in [-0.4, -0.2) is 92.9 Å². The number of nitrogens with two attached hydrogens (primary N) is 1. The molecule has 0 saturated heterocycles. The van der Waals surface area contributed by atoms with Gasteiger partial charge in [-0.1, -0.05) is 0 Å². The van der Waals surface area contributed by atoms with E-state index in [1.807, 2.05) is 5.32 Å². The molecule has 6 atom stereocenters. The molecule has 0 rings (SSSR count). The Morgan fingerprint density at radius 2 is 1.44 bits per heavy atom.